The van der Waals surface area contributed by atoms with Gasteiger partial charge in [-0.1, -0.05) is 53.9 Å². The maximum absolute atomic E-state index is 5.67. The fourth-order valence-electron chi connectivity index (χ4n) is 4.53. The molecule has 7 nitrogen and oxygen atoms in total. The Hall–Kier alpha value is -3.06. The van der Waals surface area contributed by atoms with Crippen LogP contribution in [0.4, 0.5) is 0 Å². The number of rotatable bonds is 6. The molecule has 1 saturated carbocycles. The van der Waals surface area contributed by atoms with Gasteiger partial charge in [0.05, 0.1) is 12.0 Å². The van der Waals surface area contributed by atoms with Gasteiger partial charge in [-0.15, -0.1) is 0 Å². The van der Waals surface area contributed by atoms with E-state index in [9.17, 15) is 0 Å². The van der Waals surface area contributed by atoms with Gasteiger partial charge in [-0.2, -0.15) is 4.98 Å². The van der Waals surface area contributed by atoms with Gasteiger partial charge in [-0.25, -0.2) is 4.63 Å². The number of benzene rings is 2. The quantitative estimate of drug-likeness (QED) is 0.472. The summed E-state index contributed by atoms with van der Waals surface area (Å²) < 4.78 is 10.5. The Morgan fingerprint density at radius 1 is 0.933 bits per heavy atom. The predicted molar refractivity (Wildman–Crippen MR) is 112 cm³/mol. The molecule has 1 fully saturated rings. The summed E-state index contributed by atoms with van der Waals surface area (Å²) in [6.07, 6.45) is 4.52. The van der Waals surface area contributed by atoms with Crippen molar-refractivity contribution < 1.29 is 9.15 Å². The second-order valence-electron chi connectivity index (χ2n) is 8.43. The molecule has 1 aliphatic carbocycles. The second kappa shape index (κ2) is 7.65. The molecule has 0 bridgehead atoms. The topological polar surface area (TPSA) is 81.1 Å². The van der Waals surface area contributed by atoms with E-state index in [1.807, 2.05) is 25.2 Å². The Balaban J connectivity index is 1.33. The summed E-state index contributed by atoms with van der Waals surface area (Å²) in [4.78, 5) is 6.98. The van der Waals surface area contributed by atoms with Crippen LogP contribution in [0.3, 0.4) is 0 Å². The van der Waals surface area contributed by atoms with Crippen molar-refractivity contribution in [1.82, 2.24) is 25.4 Å². The summed E-state index contributed by atoms with van der Waals surface area (Å²) in [5, 5.41) is 12.2. The number of fused-ring (bicyclic) bond motifs is 1. The number of aryl methyl sites for hydroxylation is 1. The molecule has 2 aromatic carbocycles. The van der Waals surface area contributed by atoms with E-state index in [4.69, 9.17) is 14.1 Å². The van der Waals surface area contributed by atoms with Crippen LogP contribution >= 0.6 is 0 Å². The van der Waals surface area contributed by atoms with E-state index in [2.05, 4.69) is 51.6 Å². The maximum atomic E-state index is 5.67. The zero-order chi connectivity index (χ0) is 20.6. The molecule has 7 heteroatoms. The van der Waals surface area contributed by atoms with Crippen LogP contribution in [0.5, 0.6) is 0 Å². The summed E-state index contributed by atoms with van der Waals surface area (Å²) in [7, 11) is 2.04. The molecule has 2 heterocycles. The first-order valence-corrected chi connectivity index (χ1v) is 10.4. The summed E-state index contributed by atoms with van der Waals surface area (Å²) in [6, 6.07) is 14.7. The molecule has 5 rings (SSSR count). The average Bonchev–Trinajstić information content (AvgIpc) is 3.49. The first-order valence-electron chi connectivity index (χ1n) is 10.4. The monoisotopic (exact) mass is 403 g/mol. The van der Waals surface area contributed by atoms with E-state index in [1.54, 1.807) is 0 Å². The lowest BCUT2D eigenvalue weighted by Gasteiger charge is -2.26. The summed E-state index contributed by atoms with van der Waals surface area (Å²) in [6.45, 7) is 3.44. The van der Waals surface area contributed by atoms with Crippen LogP contribution in [0, 0.1) is 6.92 Å². The van der Waals surface area contributed by atoms with Crippen molar-refractivity contribution in [1.29, 1.82) is 0 Å². The van der Waals surface area contributed by atoms with Gasteiger partial charge in [0.25, 0.3) is 0 Å². The van der Waals surface area contributed by atoms with Gasteiger partial charge in [0.15, 0.2) is 5.82 Å². The SMILES string of the molecule is Cc1ccc(C2(c3noc(CN(C)Cc4ccc5nonc5c4)n3)CCCC2)cc1. The first-order chi connectivity index (χ1) is 14.6. The minimum atomic E-state index is -0.126. The van der Waals surface area contributed by atoms with Gasteiger partial charge in [0.2, 0.25) is 5.89 Å². The van der Waals surface area contributed by atoms with Crippen molar-refractivity contribution in [3.05, 3.63) is 70.9 Å². The maximum Gasteiger partial charge on any atom is 0.240 e. The van der Waals surface area contributed by atoms with Crippen LogP contribution in [0.2, 0.25) is 0 Å². The van der Waals surface area contributed by atoms with Crippen LogP contribution < -0.4 is 0 Å². The van der Waals surface area contributed by atoms with Crippen molar-refractivity contribution in [2.45, 2.75) is 51.1 Å². The Labute approximate surface area is 175 Å². The number of hydrogen-bond donors (Lipinski definition) is 0. The number of nitrogens with zero attached hydrogens (tertiary/aromatic N) is 5. The van der Waals surface area contributed by atoms with Gasteiger partial charge in [-0.05, 0) is 60.4 Å². The number of hydrogen-bond acceptors (Lipinski definition) is 7. The van der Waals surface area contributed by atoms with E-state index in [-0.39, 0.29) is 5.41 Å². The number of aromatic nitrogens is 4. The summed E-state index contributed by atoms with van der Waals surface area (Å²) >= 11 is 0. The Morgan fingerprint density at radius 2 is 1.70 bits per heavy atom. The molecule has 0 atom stereocenters. The van der Waals surface area contributed by atoms with Gasteiger partial charge in [0, 0.05) is 6.54 Å². The molecule has 1 aliphatic rings. The Morgan fingerprint density at radius 3 is 2.50 bits per heavy atom. The first kappa shape index (κ1) is 18.9. The molecule has 0 saturated heterocycles. The third-order valence-corrected chi connectivity index (χ3v) is 6.13. The van der Waals surface area contributed by atoms with Crippen molar-refractivity contribution in [2.24, 2.45) is 0 Å². The van der Waals surface area contributed by atoms with Crippen LogP contribution in [0.25, 0.3) is 11.0 Å². The van der Waals surface area contributed by atoms with Crippen molar-refractivity contribution in [3.8, 4) is 0 Å². The molecule has 0 aliphatic heterocycles. The van der Waals surface area contributed by atoms with E-state index in [1.165, 1.54) is 24.0 Å². The zero-order valence-electron chi connectivity index (χ0n) is 17.3. The Bertz CT molecular complexity index is 1140. The van der Waals surface area contributed by atoms with Crippen LogP contribution in [-0.4, -0.2) is 32.4 Å². The molecule has 0 spiro atoms. The fraction of sp³-hybridized carbons (Fsp3) is 0.391. The van der Waals surface area contributed by atoms with Gasteiger partial charge >= 0.3 is 0 Å². The molecule has 4 aromatic rings. The standard InChI is InChI=1S/C23H25N5O2/c1-16-5-8-18(9-6-16)23(11-3-4-12-23)22-24-21(29-27-22)15-28(2)14-17-7-10-19-20(13-17)26-30-25-19/h5-10,13H,3-4,11-12,14-15H2,1-2H3. The summed E-state index contributed by atoms with van der Waals surface area (Å²) in [5.41, 5.74) is 5.09. The highest BCUT2D eigenvalue weighted by Gasteiger charge is 2.41. The fourth-order valence-corrected chi connectivity index (χ4v) is 4.53. The molecule has 0 unspecified atom stereocenters. The van der Waals surface area contributed by atoms with Crippen molar-refractivity contribution in [2.75, 3.05) is 7.05 Å². The van der Waals surface area contributed by atoms with Gasteiger partial charge in [-0.3, -0.25) is 4.90 Å². The largest absolute Gasteiger partial charge is 0.338 e. The highest BCUT2D eigenvalue weighted by molar-refractivity contribution is 5.73. The third kappa shape index (κ3) is 3.50. The van der Waals surface area contributed by atoms with Crippen LogP contribution in [0.1, 0.15) is 54.1 Å². The van der Waals surface area contributed by atoms with Crippen LogP contribution in [-0.2, 0) is 18.5 Å². The lowest BCUT2D eigenvalue weighted by Crippen LogP contribution is -2.25. The Kier molecular flexibility index (Phi) is 4.83. The van der Waals surface area contributed by atoms with Gasteiger partial charge in [0.1, 0.15) is 11.0 Å². The predicted octanol–water partition coefficient (Wildman–Crippen LogP) is 4.41. The highest BCUT2D eigenvalue weighted by Crippen LogP contribution is 2.45. The smallest absolute Gasteiger partial charge is 0.240 e. The molecule has 0 N–H and O–H groups in total. The molecule has 0 radical (unpaired) electrons. The van der Waals surface area contributed by atoms with Crippen LogP contribution in [0.15, 0.2) is 51.6 Å². The molecular formula is C23H25N5O2. The third-order valence-electron chi connectivity index (χ3n) is 6.13. The normalized spacial score (nSPS) is 16.0. The zero-order valence-corrected chi connectivity index (χ0v) is 17.3. The molecule has 154 valence electrons. The molecular weight excluding hydrogens is 378 g/mol. The molecule has 30 heavy (non-hydrogen) atoms. The van der Waals surface area contributed by atoms with Crippen molar-refractivity contribution >= 4 is 11.0 Å². The van der Waals surface area contributed by atoms with E-state index < -0.39 is 0 Å². The minimum absolute atomic E-state index is 0.126. The highest BCUT2D eigenvalue weighted by atomic mass is 16.6. The molecule has 2 aromatic heterocycles. The lowest BCUT2D eigenvalue weighted by molar-refractivity contribution is 0.259. The lowest BCUT2D eigenvalue weighted by atomic mass is 9.78. The van der Waals surface area contributed by atoms with E-state index in [0.717, 1.165) is 41.8 Å². The second-order valence-corrected chi connectivity index (χ2v) is 8.43. The van der Waals surface area contributed by atoms with E-state index in [0.29, 0.717) is 12.4 Å². The van der Waals surface area contributed by atoms with E-state index >= 15 is 0 Å². The van der Waals surface area contributed by atoms with Gasteiger partial charge < -0.3 is 4.52 Å². The van der Waals surface area contributed by atoms with Crippen molar-refractivity contribution in [3.63, 3.8) is 0 Å². The average molecular weight is 403 g/mol. The molecule has 0 amide bonds. The summed E-state index contributed by atoms with van der Waals surface area (Å²) in [5.74, 6) is 1.47. The minimum Gasteiger partial charge on any atom is -0.338 e.